The lowest BCUT2D eigenvalue weighted by atomic mass is 11.2. The SMILES string of the molecule is O=C1NS(=O)(=O)N1. The third-order valence-corrected chi connectivity index (χ3v) is 1.36. The molecule has 1 aliphatic heterocycles. The van der Waals surface area contributed by atoms with Crippen molar-refractivity contribution in [2.45, 2.75) is 0 Å². The molecule has 0 bridgehead atoms. The van der Waals surface area contributed by atoms with Crippen molar-refractivity contribution in [1.82, 2.24) is 9.44 Å². The first kappa shape index (κ1) is 4.38. The molecule has 0 aromatic rings. The molecule has 0 spiro atoms. The van der Waals surface area contributed by atoms with Gasteiger partial charge in [0.1, 0.15) is 0 Å². The van der Waals surface area contributed by atoms with Gasteiger partial charge in [-0.15, -0.1) is 0 Å². The fourth-order valence-corrected chi connectivity index (χ4v) is 0.732. The van der Waals surface area contributed by atoms with Crippen molar-refractivity contribution in [2.75, 3.05) is 0 Å². The Morgan fingerprint density at radius 2 is 1.71 bits per heavy atom. The second-order valence-corrected chi connectivity index (χ2v) is 2.45. The molecule has 1 saturated heterocycles. The highest BCUT2D eigenvalue weighted by Gasteiger charge is 2.26. The predicted molar refractivity (Wildman–Crippen MR) is 20.6 cm³/mol. The predicted octanol–water partition coefficient (Wildman–Crippen LogP) is -1.46. The van der Waals surface area contributed by atoms with Crippen molar-refractivity contribution >= 4 is 16.2 Å². The Morgan fingerprint density at radius 3 is 1.71 bits per heavy atom. The van der Waals surface area contributed by atoms with Crippen LogP contribution in [0.1, 0.15) is 0 Å². The molecule has 0 aliphatic carbocycles. The van der Waals surface area contributed by atoms with Crippen LogP contribution in [0, 0.1) is 0 Å². The molecule has 0 aromatic heterocycles. The maximum Gasteiger partial charge on any atom is 0.344 e. The van der Waals surface area contributed by atoms with E-state index >= 15 is 0 Å². The quantitative estimate of drug-likeness (QED) is 0.412. The van der Waals surface area contributed by atoms with Gasteiger partial charge in [0.15, 0.2) is 0 Å². The molecular formula is CH2N2O3S. The van der Waals surface area contributed by atoms with Gasteiger partial charge in [-0.05, 0) is 0 Å². The van der Waals surface area contributed by atoms with Crippen LogP contribution < -0.4 is 9.44 Å². The van der Waals surface area contributed by atoms with Crippen molar-refractivity contribution in [1.29, 1.82) is 0 Å². The highest BCUT2D eigenvalue weighted by Crippen LogP contribution is 1.86. The Hall–Kier alpha value is -0.780. The van der Waals surface area contributed by atoms with Gasteiger partial charge in [-0.1, -0.05) is 0 Å². The lowest BCUT2D eigenvalue weighted by molar-refractivity contribution is 0.246. The monoisotopic (exact) mass is 122 g/mol. The molecule has 0 saturated carbocycles. The van der Waals surface area contributed by atoms with Crippen LogP contribution in [0.3, 0.4) is 0 Å². The van der Waals surface area contributed by atoms with E-state index < -0.39 is 16.2 Å². The van der Waals surface area contributed by atoms with Gasteiger partial charge in [0, 0.05) is 0 Å². The first-order chi connectivity index (χ1) is 3.10. The fourth-order valence-electron chi connectivity index (χ4n) is 0.244. The van der Waals surface area contributed by atoms with E-state index in [2.05, 4.69) is 0 Å². The maximum absolute atomic E-state index is 9.85. The number of hydrogen-bond donors (Lipinski definition) is 2. The van der Waals surface area contributed by atoms with Crippen LogP contribution in [0.5, 0.6) is 0 Å². The molecule has 0 atom stereocenters. The Kier molecular flexibility index (Phi) is 0.557. The van der Waals surface area contributed by atoms with Crippen molar-refractivity contribution in [3.8, 4) is 0 Å². The number of carbonyl (C=O) groups excluding carboxylic acids is 1. The normalized spacial score (nSPS) is 24.3. The van der Waals surface area contributed by atoms with Crippen molar-refractivity contribution in [3.05, 3.63) is 0 Å². The van der Waals surface area contributed by atoms with Crippen LogP contribution in [0.15, 0.2) is 0 Å². The minimum atomic E-state index is -3.38. The average molecular weight is 122 g/mol. The van der Waals surface area contributed by atoms with Crippen LogP contribution in [-0.2, 0) is 10.2 Å². The van der Waals surface area contributed by atoms with Gasteiger partial charge in [-0.2, -0.15) is 8.42 Å². The van der Waals surface area contributed by atoms with E-state index in [0.29, 0.717) is 0 Å². The Morgan fingerprint density at radius 1 is 1.29 bits per heavy atom. The third-order valence-electron chi connectivity index (χ3n) is 0.454. The zero-order valence-corrected chi connectivity index (χ0v) is 3.95. The van der Waals surface area contributed by atoms with E-state index in [1.807, 2.05) is 0 Å². The van der Waals surface area contributed by atoms with Crippen LogP contribution in [0.25, 0.3) is 0 Å². The third kappa shape index (κ3) is 0.637. The van der Waals surface area contributed by atoms with E-state index in [-0.39, 0.29) is 0 Å². The summed E-state index contributed by atoms with van der Waals surface area (Å²) in [6.45, 7) is 0. The van der Waals surface area contributed by atoms with E-state index in [4.69, 9.17) is 0 Å². The molecular weight excluding hydrogens is 120 g/mol. The summed E-state index contributed by atoms with van der Waals surface area (Å²) in [5, 5.41) is 0. The Balaban J connectivity index is 2.79. The summed E-state index contributed by atoms with van der Waals surface area (Å²) in [7, 11) is -3.38. The molecule has 7 heavy (non-hydrogen) atoms. The molecule has 1 aliphatic rings. The van der Waals surface area contributed by atoms with Crippen LogP contribution in [-0.4, -0.2) is 14.4 Å². The standard InChI is InChI=1S/CH2N2O3S/c4-1-2-7(5,6)3-1/h(H2,2,3,4). The first-order valence-electron chi connectivity index (χ1n) is 1.45. The largest absolute Gasteiger partial charge is 0.344 e. The fraction of sp³-hybridized carbons (Fsp3) is 0. The Labute approximate surface area is 39.9 Å². The van der Waals surface area contributed by atoms with Gasteiger partial charge in [0.2, 0.25) is 0 Å². The molecule has 0 aromatic carbocycles. The molecule has 0 radical (unpaired) electrons. The van der Waals surface area contributed by atoms with Gasteiger partial charge < -0.3 is 0 Å². The number of nitrogens with one attached hydrogen (secondary N) is 2. The molecule has 2 amide bonds. The molecule has 40 valence electrons. The van der Waals surface area contributed by atoms with E-state index in [9.17, 15) is 13.2 Å². The minimum Gasteiger partial charge on any atom is -0.247 e. The zero-order valence-electron chi connectivity index (χ0n) is 3.13. The van der Waals surface area contributed by atoms with Crippen LogP contribution in [0.2, 0.25) is 0 Å². The summed E-state index contributed by atoms with van der Waals surface area (Å²) in [6, 6.07) is -0.667. The molecule has 0 unspecified atom stereocenters. The second-order valence-electron chi connectivity index (χ2n) is 1.04. The molecule has 5 nitrogen and oxygen atoms in total. The first-order valence-corrected chi connectivity index (χ1v) is 2.93. The van der Waals surface area contributed by atoms with E-state index in [0.717, 1.165) is 0 Å². The number of hydrogen-bond acceptors (Lipinski definition) is 3. The summed E-state index contributed by atoms with van der Waals surface area (Å²) >= 11 is 0. The van der Waals surface area contributed by atoms with Crippen LogP contribution >= 0.6 is 0 Å². The minimum absolute atomic E-state index is 0.667. The summed E-state index contributed by atoms with van der Waals surface area (Å²) in [5.41, 5.74) is 0. The molecule has 2 N–H and O–H groups in total. The summed E-state index contributed by atoms with van der Waals surface area (Å²) < 4.78 is 22.9. The average Bonchev–Trinajstić information content (AvgIpc) is 1.27. The highest BCUT2D eigenvalue weighted by atomic mass is 32.2. The lowest BCUT2D eigenvalue weighted by Gasteiger charge is -2.14. The van der Waals surface area contributed by atoms with Gasteiger partial charge >= 0.3 is 16.2 Å². The second kappa shape index (κ2) is 0.890. The van der Waals surface area contributed by atoms with Gasteiger partial charge in [-0.3, -0.25) is 0 Å². The maximum atomic E-state index is 9.85. The smallest absolute Gasteiger partial charge is 0.247 e. The van der Waals surface area contributed by atoms with Gasteiger partial charge in [0.25, 0.3) is 0 Å². The van der Waals surface area contributed by atoms with Gasteiger partial charge in [0.05, 0.1) is 0 Å². The molecule has 6 heteroatoms. The van der Waals surface area contributed by atoms with Crippen LogP contribution in [0.4, 0.5) is 4.79 Å². The summed E-state index contributed by atoms with van der Waals surface area (Å²) in [5.74, 6) is 0. The number of rotatable bonds is 0. The van der Waals surface area contributed by atoms with Crippen molar-refractivity contribution in [2.24, 2.45) is 0 Å². The molecule has 1 heterocycles. The number of amides is 2. The van der Waals surface area contributed by atoms with E-state index in [1.165, 1.54) is 0 Å². The molecule has 1 fully saturated rings. The Bertz CT molecular complexity index is 177. The van der Waals surface area contributed by atoms with Crippen molar-refractivity contribution in [3.63, 3.8) is 0 Å². The molecule has 1 rings (SSSR count). The van der Waals surface area contributed by atoms with E-state index in [1.54, 1.807) is 9.44 Å². The summed E-state index contributed by atoms with van der Waals surface area (Å²) in [4.78, 5) is 9.71. The topological polar surface area (TPSA) is 75.3 Å². The van der Waals surface area contributed by atoms with Crippen molar-refractivity contribution < 1.29 is 13.2 Å². The zero-order chi connectivity index (χ0) is 5.49. The highest BCUT2D eigenvalue weighted by molar-refractivity contribution is 7.90. The van der Waals surface area contributed by atoms with Gasteiger partial charge in [-0.25, -0.2) is 14.2 Å². The number of urea groups is 1. The lowest BCUT2D eigenvalue weighted by Crippen LogP contribution is -2.58. The number of carbonyl (C=O) groups is 1. The summed E-state index contributed by atoms with van der Waals surface area (Å²) in [6.07, 6.45) is 0.